The van der Waals surface area contributed by atoms with Crippen LogP contribution in [0.5, 0.6) is 5.88 Å². The molecular weight excluding hydrogens is 461 g/mol. The second kappa shape index (κ2) is 8.76. The van der Waals surface area contributed by atoms with Crippen molar-refractivity contribution in [2.45, 2.75) is 31.9 Å². The topological polar surface area (TPSA) is 126 Å². The third kappa shape index (κ3) is 4.50. The molecule has 10 nitrogen and oxygen atoms in total. The van der Waals surface area contributed by atoms with Gasteiger partial charge in [-0.1, -0.05) is 18.2 Å². The number of aromatic nitrogens is 5. The molecule has 1 fully saturated rings. The Morgan fingerprint density at radius 2 is 1.97 bits per heavy atom. The zero-order valence-electron chi connectivity index (χ0n) is 18.7. The molecule has 5 rings (SSSR count). The molecule has 1 aromatic carbocycles. The molecular formula is C22H24FN7O3S. The number of fused-ring (bicyclic) bond motifs is 2. The molecule has 1 atom stereocenters. The normalized spacial score (nSPS) is 16.7. The molecule has 0 saturated carbocycles. The third-order valence-electron chi connectivity index (χ3n) is 5.92. The summed E-state index contributed by atoms with van der Waals surface area (Å²) < 4.78 is 45.2. The van der Waals surface area contributed by atoms with E-state index in [1.807, 2.05) is 37.3 Å². The van der Waals surface area contributed by atoms with Crippen LogP contribution in [0.15, 0.2) is 36.7 Å². The molecule has 34 heavy (non-hydrogen) atoms. The van der Waals surface area contributed by atoms with E-state index in [0.717, 1.165) is 10.8 Å². The van der Waals surface area contributed by atoms with Crippen molar-refractivity contribution in [1.29, 1.82) is 0 Å². The smallest absolute Gasteiger partial charge is 0.312 e. The minimum atomic E-state index is -3.21. The maximum Gasteiger partial charge on any atom is 0.312 e. The zero-order valence-corrected chi connectivity index (χ0v) is 19.5. The van der Waals surface area contributed by atoms with E-state index in [0.29, 0.717) is 48.7 Å². The number of hydrogen-bond donors (Lipinski definition) is 2. The van der Waals surface area contributed by atoms with Gasteiger partial charge in [-0.2, -0.15) is 14.4 Å². The third-order valence-corrected chi connectivity index (χ3v) is 7.23. The Morgan fingerprint density at radius 1 is 1.21 bits per heavy atom. The lowest BCUT2D eigenvalue weighted by Crippen LogP contribution is -2.41. The molecule has 0 unspecified atom stereocenters. The summed E-state index contributed by atoms with van der Waals surface area (Å²) in [5, 5.41) is 5.00. The summed E-state index contributed by atoms with van der Waals surface area (Å²) in [7, 11) is -3.21. The minimum absolute atomic E-state index is 0.146. The van der Waals surface area contributed by atoms with Crippen LogP contribution >= 0.6 is 0 Å². The SMILES string of the molecule is C[C@H](Nc1nc(F)nc2[nH]cnc12)c1cc2ccccc2c(OC2CCN(S(C)(=O)=O)CC2)n1. The van der Waals surface area contributed by atoms with Gasteiger partial charge in [-0.25, -0.2) is 22.7 Å². The number of aromatic amines is 1. The van der Waals surface area contributed by atoms with Gasteiger partial charge in [0, 0.05) is 18.5 Å². The van der Waals surface area contributed by atoms with Crippen LogP contribution in [-0.4, -0.2) is 63.1 Å². The van der Waals surface area contributed by atoms with Crippen molar-refractivity contribution in [2.75, 3.05) is 24.7 Å². The maximum atomic E-state index is 13.9. The Kier molecular flexibility index (Phi) is 5.78. The first-order valence-electron chi connectivity index (χ1n) is 10.9. The second-order valence-corrected chi connectivity index (χ2v) is 10.3. The van der Waals surface area contributed by atoms with E-state index < -0.39 is 16.1 Å². The number of ether oxygens (including phenoxy) is 1. The van der Waals surface area contributed by atoms with Gasteiger partial charge in [0.25, 0.3) is 0 Å². The molecule has 0 bridgehead atoms. The van der Waals surface area contributed by atoms with Gasteiger partial charge in [-0.05, 0) is 37.3 Å². The Balaban J connectivity index is 1.42. The average Bonchev–Trinajstić information content (AvgIpc) is 3.27. The molecule has 1 aliphatic heterocycles. The Labute approximate surface area is 195 Å². The van der Waals surface area contributed by atoms with Crippen LogP contribution in [0.25, 0.3) is 21.9 Å². The van der Waals surface area contributed by atoms with Crippen LogP contribution < -0.4 is 10.1 Å². The number of H-pyrrole nitrogens is 1. The van der Waals surface area contributed by atoms with Gasteiger partial charge in [-0.3, -0.25) is 0 Å². The average molecular weight is 486 g/mol. The lowest BCUT2D eigenvalue weighted by atomic mass is 10.1. The maximum absolute atomic E-state index is 13.9. The summed E-state index contributed by atoms with van der Waals surface area (Å²) in [5.74, 6) is 0.750. The number of imidazole rings is 1. The molecule has 0 spiro atoms. The van der Waals surface area contributed by atoms with E-state index in [2.05, 4.69) is 25.3 Å². The molecule has 0 aliphatic carbocycles. The zero-order chi connectivity index (χ0) is 23.9. The van der Waals surface area contributed by atoms with Gasteiger partial charge in [-0.15, -0.1) is 0 Å². The van der Waals surface area contributed by atoms with E-state index in [1.165, 1.54) is 16.9 Å². The van der Waals surface area contributed by atoms with E-state index >= 15 is 0 Å². The minimum Gasteiger partial charge on any atom is -0.474 e. The fourth-order valence-corrected chi connectivity index (χ4v) is 5.00. The summed E-state index contributed by atoms with van der Waals surface area (Å²) >= 11 is 0. The fourth-order valence-electron chi connectivity index (χ4n) is 4.13. The number of benzene rings is 1. The molecule has 12 heteroatoms. The summed E-state index contributed by atoms with van der Waals surface area (Å²) in [6.45, 7) is 2.72. The summed E-state index contributed by atoms with van der Waals surface area (Å²) in [6, 6.07) is 9.38. The van der Waals surface area contributed by atoms with E-state index in [9.17, 15) is 12.8 Å². The first-order valence-corrected chi connectivity index (χ1v) is 12.8. The number of sulfonamides is 1. The van der Waals surface area contributed by atoms with Gasteiger partial charge >= 0.3 is 6.08 Å². The van der Waals surface area contributed by atoms with Crippen molar-refractivity contribution in [3.63, 3.8) is 0 Å². The highest BCUT2D eigenvalue weighted by Gasteiger charge is 2.27. The predicted molar refractivity (Wildman–Crippen MR) is 125 cm³/mol. The van der Waals surface area contributed by atoms with E-state index in [4.69, 9.17) is 9.72 Å². The number of piperidine rings is 1. The highest BCUT2D eigenvalue weighted by molar-refractivity contribution is 7.88. The Morgan fingerprint density at radius 3 is 2.74 bits per heavy atom. The lowest BCUT2D eigenvalue weighted by molar-refractivity contribution is 0.132. The molecule has 178 valence electrons. The Hall–Kier alpha value is -3.38. The second-order valence-electron chi connectivity index (χ2n) is 8.36. The number of halogens is 1. The fraction of sp³-hybridized carbons (Fsp3) is 0.364. The van der Waals surface area contributed by atoms with Crippen LogP contribution in [0.4, 0.5) is 10.2 Å². The van der Waals surface area contributed by atoms with E-state index in [1.54, 1.807) is 0 Å². The molecule has 2 N–H and O–H groups in total. The number of nitrogens with one attached hydrogen (secondary N) is 2. The number of nitrogens with zero attached hydrogens (tertiary/aromatic N) is 5. The van der Waals surface area contributed by atoms with Crippen LogP contribution in [-0.2, 0) is 10.0 Å². The van der Waals surface area contributed by atoms with Crippen molar-refractivity contribution >= 4 is 37.8 Å². The predicted octanol–water partition coefficient (Wildman–Crippen LogP) is 3.02. The first-order chi connectivity index (χ1) is 16.3. The van der Waals surface area contributed by atoms with E-state index in [-0.39, 0.29) is 18.0 Å². The highest BCUT2D eigenvalue weighted by atomic mass is 32.2. The molecule has 3 aromatic heterocycles. The van der Waals surface area contributed by atoms with Crippen LogP contribution in [0.1, 0.15) is 31.5 Å². The number of hydrogen-bond acceptors (Lipinski definition) is 8. The van der Waals surface area contributed by atoms with Crippen molar-refractivity contribution in [2.24, 2.45) is 0 Å². The lowest BCUT2D eigenvalue weighted by Gasteiger charge is -2.30. The number of rotatable bonds is 6. The van der Waals surface area contributed by atoms with Crippen molar-refractivity contribution in [1.82, 2.24) is 29.2 Å². The quantitative estimate of drug-likeness (QED) is 0.399. The number of anilines is 1. The molecule has 4 heterocycles. The molecule has 0 radical (unpaired) electrons. The standard InChI is InChI=1S/C22H24FN7O3S/c1-13(26-20-18-19(25-12-24-18)28-22(23)29-20)17-11-14-5-3-4-6-16(14)21(27-17)33-15-7-9-30(10-8-15)34(2,31)32/h3-6,11-13,15H,7-10H2,1-2H3,(H2,24,25,26,28,29)/t13-/m0/s1. The van der Waals surface area contributed by atoms with Crippen molar-refractivity contribution < 1.29 is 17.5 Å². The van der Waals surface area contributed by atoms with Crippen LogP contribution in [0, 0.1) is 6.08 Å². The molecule has 1 aliphatic rings. The van der Waals surface area contributed by atoms with Crippen LogP contribution in [0.2, 0.25) is 0 Å². The first kappa shape index (κ1) is 22.4. The molecule has 1 saturated heterocycles. The van der Waals surface area contributed by atoms with Crippen LogP contribution in [0.3, 0.4) is 0 Å². The van der Waals surface area contributed by atoms with Crippen molar-refractivity contribution in [3.05, 3.63) is 48.4 Å². The molecule has 0 amide bonds. The van der Waals surface area contributed by atoms with Gasteiger partial charge in [0.1, 0.15) is 11.6 Å². The van der Waals surface area contributed by atoms with Gasteiger partial charge < -0.3 is 15.0 Å². The summed E-state index contributed by atoms with van der Waals surface area (Å²) in [5.41, 5.74) is 1.42. The van der Waals surface area contributed by atoms with Gasteiger partial charge in [0.15, 0.2) is 11.5 Å². The number of pyridine rings is 1. The summed E-state index contributed by atoms with van der Waals surface area (Å²) in [4.78, 5) is 19.3. The van der Waals surface area contributed by atoms with Crippen molar-refractivity contribution in [3.8, 4) is 5.88 Å². The monoisotopic (exact) mass is 485 g/mol. The van der Waals surface area contributed by atoms with Gasteiger partial charge in [0.05, 0.1) is 24.3 Å². The largest absolute Gasteiger partial charge is 0.474 e. The Bertz CT molecular complexity index is 1450. The molecule has 4 aromatic rings. The summed E-state index contributed by atoms with van der Waals surface area (Å²) in [6.07, 6.45) is 2.82. The van der Waals surface area contributed by atoms with Gasteiger partial charge in [0.2, 0.25) is 15.9 Å². The highest BCUT2D eigenvalue weighted by Crippen LogP contribution is 2.31.